The molecule has 0 bridgehead atoms. The molecule has 13 aromatic rings. The Kier molecular flexibility index (Phi) is 9.64. The lowest BCUT2D eigenvalue weighted by Gasteiger charge is -2.35. The van der Waals surface area contributed by atoms with Crippen LogP contribution in [0.5, 0.6) is 0 Å². The van der Waals surface area contributed by atoms with E-state index >= 15 is 0 Å². The fourth-order valence-corrected chi connectivity index (χ4v) is 11.5. The second kappa shape index (κ2) is 16.8. The summed E-state index contributed by atoms with van der Waals surface area (Å²) < 4.78 is 4.69. The molecule has 338 valence electrons. The topological polar surface area (TPSA) is 51.8 Å². The van der Waals surface area contributed by atoms with Gasteiger partial charge in [-0.1, -0.05) is 146 Å². The lowest BCUT2D eigenvalue weighted by atomic mass is 9.67. The van der Waals surface area contributed by atoms with E-state index in [1.165, 1.54) is 66.1 Å². The summed E-state index contributed by atoms with van der Waals surface area (Å²) in [5.41, 5.74) is 19.1. The third-order valence-electron chi connectivity index (χ3n) is 14.7. The number of anilines is 3. The van der Waals surface area contributed by atoms with Gasteiger partial charge in [-0.3, -0.25) is 0 Å². The Labute approximate surface area is 417 Å². The van der Waals surface area contributed by atoms with Crippen LogP contribution in [0.4, 0.5) is 17.1 Å². The van der Waals surface area contributed by atoms with Crippen molar-refractivity contribution in [1.82, 2.24) is 24.1 Å². The van der Waals surface area contributed by atoms with Crippen molar-refractivity contribution in [3.05, 3.63) is 290 Å². The molecule has 10 aromatic carbocycles. The van der Waals surface area contributed by atoms with Crippen LogP contribution < -0.4 is 4.90 Å². The van der Waals surface area contributed by atoms with Crippen molar-refractivity contribution >= 4 is 49.8 Å². The first-order valence-corrected chi connectivity index (χ1v) is 24.4. The highest BCUT2D eigenvalue weighted by Gasteiger charge is 2.46. The Morgan fingerprint density at radius 3 is 1.61 bits per heavy atom. The van der Waals surface area contributed by atoms with Crippen LogP contribution in [0.2, 0.25) is 0 Å². The van der Waals surface area contributed by atoms with Gasteiger partial charge in [-0.15, -0.1) is 0 Å². The third-order valence-corrected chi connectivity index (χ3v) is 14.7. The molecule has 0 atom stereocenters. The average Bonchev–Trinajstić information content (AvgIpc) is 4.12. The number of aromatic nitrogens is 5. The molecule has 6 nitrogen and oxygen atoms in total. The van der Waals surface area contributed by atoms with E-state index in [1.807, 2.05) is 0 Å². The highest BCUT2D eigenvalue weighted by atomic mass is 15.1. The van der Waals surface area contributed by atoms with Gasteiger partial charge in [0, 0.05) is 56.4 Å². The SMILES string of the molecule is c1ccc(-n2ccc3cc4c(cc32)c2cc(-c3ccc(N(c5ccc(-c6ncncn6)cc5)c5ccc6c(c5)C(c5ccccc5)(c5ccccc5)c5ccccc5-6)cc3)ccc2n4-c2ccccc2)cc1. The van der Waals surface area contributed by atoms with Gasteiger partial charge in [-0.05, 0) is 148 Å². The van der Waals surface area contributed by atoms with Crippen molar-refractivity contribution < 1.29 is 0 Å². The number of hydrogen-bond acceptors (Lipinski definition) is 4. The first-order chi connectivity index (χ1) is 35.7. The Morgan fingerprint density at radius 1 is 0.375 bits per heavy atom. The van der Waals surface area contributed by atoms with E-state index in [0.717, 1.165) is 45.1 Å². The Balaban J connectivity index is 0.924. The summed E-state index contributed by atoms with van der Waals surface area (Å²) in [7, 11) is 0. The first kappa shape index (κ1) is 41.3. The molecule has 1 aliphatic rings. The van der Waals surface area contributed by atoms with Crippen molar-refractivity contribution in [1.29, 1.82) is 0 Å². The Bertz CT molecular complexity index is 4070. The fraction of sp³-hybridized carbons (Fsp3) is 0.0152. The second-order valence-electron chi connectivity index (χ2n) is 18.5. The van der Waals surface area contributed by atoms with Crippen molar-refractivity contribution in [3.8, 4) is 45.0 Å². The van der Waals surface area contributed by atoms with Crippen molar-refractivity contribution in [3.63, 3.8) is 0 Å². The van der Waals surface area contributed by atoms with Gasteiger partial charge in [0.1, 0.15) is 12.7 Å². The molecule has 0 fully saturated rings. The molecule has 0 saturated heterocycles. The van der Waals surface area contributed by atoms with Crippen LogP contribution in [-0.4, -0.2) is 24.1 Å². The molecule has 0 radical (unpaired) electrons. The molecule has 1 aliphatic carbocycles. The Hall–Kier alpha value is -9.65. The van der Waals surface area contributed by atoms with Gasteiger partial charge in [-0.25, -0.2) is 15.0 Å². The van der Waals surface area contributed by atoms with Gasteiger partial charge in [0.15, 0.2) is 5.82 Å². The molecular formula is C66H44N6. The van der Waals surface area contributed by atoms with Crippen LogP contribution in [0.1, 0.15) is 22.3 Å². The summed E-state index contributed by atoms with van der Waals surface area (Å²) in [5.74, 6) is 0.636. The highest BCUT2D eigenvalue weighted by molar-refractivity contribution is 6.14. The third kappa shape index (κ3) is 6.54. The summed E-state index contributed by atoms with van der Waals surface area (Å²) in [4.78, 5) is 15.3. The summed E-state index contributed by atoms with van der Waals surface area (Å²) in [5, 5.41) is 3.62. The summed E-state index contributed by atoms with van der Waals surface area (Å²) in [6.07, 6.45) is 5.26. The van der Waals surface area contributed by atoms with E-state index in [-0.39, 0.29) is 0 Å². The number of hydrogen-bond donors (Lipinski definition) is 0. The van der Waals surface area contributed by atoms with Crippen LogP contribution >= 0.6 is 0 Å². The molecule has 0 saturated carbocycles. The minimum atomic E-state index is -0.540. The zero-order valence-electron chi connectivity index (χ0n) is 39.1. The molecule has 3 aromatic heterocycles. The molecule has 0 aliphatic heterocycles. The Morgan fingerprint density at radius 2 is 0.931 bits per heavy atom. The summed E-state index contributed by atoms with van der Waals surface area (Å²) in [6.45, 7) is 0. The van der Waals surface area contributed by atoms with Gasteiger partial charge < -0.3 is 14.0 Å². The maximum absolute atomic E-state index is 4.45. The second-order valence-corrected chi connectivity index (χ2v) is 18.5. The van der Waals surface area contributed by atoms with Crippen molar-refractivity contribution in [2.24, 2.45) is 0 Å². The van der Waals surface area contributed by atoms with E-state index in [2.05, 4.69) is 284 Å². The zero-order valence-corrected chi connectivity index (χ0v) is 39.1. The minimum absolute atomic E-state index is 0.540. The van der Waals surface area contributed by atoms with E-state index in [9.17, 15) is 0 Å². The summed E-state index contributed by atoms with van der Waals surface area (Å²) >= 11 is 0. The normalized spacial score (nSPS) is 12.6. The summed E-state index contributed by atoms with van der Waals surface area (Å²) in [6, 6.07) is 90.6. The van der Waals surface area contributed by atoms with Gasteiger partial charge in [0.05, 0.1) is 22.0 Å². The number of benzene rings is 10. The van der Waals surface area contributed by atoms with Crippen molar-refractivity contribution in [2.45, 2.75) is 5.41 Å². The van der Waals surface area contributed by atoms with E-state index in [1.54, 1.807) is 12.7 Å². The molecule has 0 amide bonds. The molecule has 0 N–H and O–H groups in total. The maximum Gasteiger partial charge on any atom is 0.162 e. The highest BCUT2D eigenvalue weighted by Crippen LogP contribution is 2.57. The van der Waals surface area contributed by atoms with E-state index < -0.39 is 5.41 Å². The predicted molar refractivity (Wildman–Crippen MR) is 294 cm³/mol. The number of rotatable bonds is 9. The monoisotopic (exact) mass is 920 g/mol. The van der Waals surface area contributed by atoms with Crippen LogP contribution in [-0.2, 0) is 5.41 Å². The first-order valence-electron chi connectivity index (χ1n) is 24.4. The standard InChI is InChI=1S/C66H44N6/c1-5-15-49(16-6-1)66(50-17-7-2-8-18-50)60-24-14-13-23-56(60)57-35-34-55(41-61(57)66)71(54-32-27-46(28-33-54)65-68-43-67-44-69-65)53-30-25-45(26-31-53)47-29-36-62-58(39-47)59-42-63-48(37-38-70(63)51-19-9-3-10-20-51)40-64(59)72(62)52-21-11-4-12-22-52/h1-44H. The number of para-hydroxylation sites is 2. The predicted octanol–water partition coefficient (Wildman–Crippen LogP) is 16.1. The molecule has 14 rings (SSSR count). The van der Waals surface area contributed by atoms with Crippen LogP contribution in [0, 0.1) is 0 Å². The largest absolute Gasteiger partial charge is 0.317 e. The van der Waals surface area contributed by atoms with E-state index in [0.29, 0.717) is 5.82 Å². The van der Waals surface area contributed by atoms with Crippen LogP contribution in [0.15, 0.2) is 268 Å². The van der Waals surface area contributed by atoms with Gasteiger partial charge in [0.25, 0.3) is 0 Å². The van der Waals surface area contributed by atoms with Crippen molar-refractivity contribution in [2.75, 3.05) is 4.90 Å². The maximum atomic E-state index is 4.45. The minimum Gasteiger partial charge on any atom is -0.317 e. The molecule has 72 heavy (non-hydrogen) atoms. The zero-order chi connectivity index (χ0) is 47.6. The van der Waals surface area contributed by atoms with Gasteiger partial charge in [-0.2, -0.15) is 0 Å². The fourth-order valence-electron chi connectivity index (χ4n) is 11.5. The van der Waals surface area contributed by atoms with E-state index in [4.69, 9.17) is 0 Å². The lowest BCUT2D eigenvalue weighted by Crippen LogP contribution is -2.28. The van der Waals surface area contributed by atoms with Crippen LogP contribution in [0.25, 0.3) is 77.7 Å². The number of fused-ring (bicyclic) bond motifs is 7. The molecule has 6 heteroatoms. The molecule has 0 unspecified atom stereocenters. The lowest BCUT2D eigenvalue weighted by molar-refractivity contribution is 0.768. The molecule has 0 spiro atoms. The average molecular weight is 921 g/mol. The molecular weight excluding hydrogens is 877 g/mol. The quantitative estimate of drug-likeness (QED) is 0.145. The van der Waals surface area contributed by atoms with Gasteiger partial charge in [0.2, 0.25) is 0 Å². The van der Waals surface area contributed by atoms with Gasteiger partial charge >= 0.3 is 0 Å². The number of nitrogens with zero attached hydrogens (tertiary/aromatic N) is 6. The molecule has 3 heterocycles. The smallest absolute Gasteiger partial charge is 0.162 e. The van der Waals surface area contributed by atoms with Crippen LogP contribution in [0.3, 0.4) is 0 Å².